The van der Waals surface area contributed by atoms with Gasteiger partial charge in [-0.15, -0.1) is 0 Å². The molecule has 6 rings (SSSR count). The minimum Gasteiger partial charge on any atom is -0.465 e. The number of aldehydes is 1. The van der Waals surface area contributed by atoms with E-state index in [1.165, 1.54) is 69.5 Å². The normalized spacial score (nSPS) is 43.9. The number of rotatable bonds is 3. The van der Waals surface area contributed by atoms with Gasteiger partial charge in [0.05, 0.1) is 12.7 Å². The molecule has 0 spiro atoms. The van der Waals surface area contributed by atoms with Gasteiger partial charge in [-0.3, -0.25) is 0 Å². The molecule has 37 heavy (non-hydrogen) atoms. The van der Waals surface area contributed by atoms with E-state index in [2.05, 4.69) is 45.9 Å². The number of fused-ring (bicyclic) bond motifs is 7. The molecule has 5 aliphatic carbocycles. The van der Waals surface area contributed by atoms with Crippen LogP contribution >= 0.6 is 0 Å². The lowest BCUT2D eigenvalue weighted by Gasteiger charge is -2.68. The Kier molecular flexibility index (Phi) is 5.87. The van der Waals surface area contributed by atoms with Gasteiger partial charge in [-0.25, -0.2) is 4.79 Å². The van der Waals surface area contributed by atoms with Crippen LogP contribution in [-0.4, -0.2) is 19.4 Å². The first-order chi connectivity index (χ1) is 17.6. The number of allylic oxidation sites excluding steroid dienone is 2. The Balaban J connectivity index is 1.31. The Morgan fingerprint density at radius 1 is 0.865 bits per heavy atom. The molecule has 7 unspecified atom stereocenters. The zero-order chi connectivity index (χ0) is 26.2. The number of hydrogen-bond acceptors (Lipinski definition) is 3. The van der Waals surface area contributed by atoms with Crippen molar-refractivity contribution in [2.24, 2.45) is 51.2 Å². The summed E-state index contributed by atoms with van der Waals surface area (Å²) in [7, 11) is 1.44. The van der Waals surface area contributed by atoms with Crippen LogP contribution in [0.2, 0.25) is 0 Å². The zero-order valence-electron chi connectivity index (χ0n) is 23.6. The maximum Gasteiger partial charge on any atom is 0.337 e. The van der Waals surface area contributed by atoms with Crippen LogP contribution in [0.4, 0.5) is 0 Å². The number of hydrogen-bond donors (Lipinski definition) is 0. The van der Waals surface area contributed by atoms with E-state index in [-0.39, 0.29) is 16.8 Å². The number of ether oxygens (including phenoxy) is 1. The summed E-state index contributed by atoms with van der Waals surface area (Å²) in [5.74, 6) is 3.33. The molecule has 0 saturated heterocycles. The highest BCUT2D eigenvalue weighted by atomic mass is 16.5. The van der Waals surface area contributed by atoms with Crippen molar-refractivity contribution in [3.8, 4) is 0 Å². The summed E-state index contributed by atoms with van der Waals surface area (Å²) >= 11 is 0. The lowest BCUT2D eigenvalue weighted by molar-refractivity contribution is -0.178. The Morgan fingerprint density at radius 3 is 2.32 bits per heavy atom. The minimum absolute atomic E-state index is 0.0132. The third-order valence-electron chi connectivity index (χ3n) is 13.0. The first-order valence-corrected chi connectivity index (χ1v) is 15.0. The summed E-state index contributed by atoms with van der Waals surface area (Å²) in [6.45, 7) is 10.2. The first kappa shape index (κ1) is 25.4. The number of methoxy groups -OCH3 is 1. The quantitative estimate of drug-likeness (QED) is 0.309. The van der Waals surface area contributed by atoms with Crippen LogP contribution in [0.25, 0.3) is 5.57 Å². The molecule has 200 valence electrons. The van der Waals surface area contributed by atoms with Gasteiger partial charge in [0.15, 0.2) is 0 Å². The van der Waals surface area contributed by atoms with Crippen molar-refractivity contribution >= 4 is 17.8 Å². The molecule has 0 aromatic heterocycles. The van der Waals surface area contributed by atoms with Crippen LogP contribution in [-0.2, 0) is 9.53 Å². The number of benzene rings is 1. The molecule has 3 heteroatoms. The van der Waals surface area contributed by atoms with Crippen molar-refractivity contribution in [2.75, 3.05) is 7.11 Å². The number of carbonyl (C=O) groups is 2. The van der Waals surface area contributed by atoms with E-state index < -0.39 is 0 Å². The molecule has 1 aromatic carbocycles. The Hall–Kier alpha value is -1.90. The summed E-state index contributed by atoms with van der Waals surface area (Å²) < 4.78 is 4.91. The maximum atomic E-state index is 12.3. The molecule has 5 aliphatic rings. The van der Waals surface area contributed by atoms with Crippen LogP contribution in [0.5, 0.6) is 0 Å². The van der Waals surface area contributed by atoms with Gasteiger partial charge in [0, 0.05) is 5.41 Å². The molecule has 0 heterocycles. The zero-order valence-corrected chi connectivity index (χ0v) is 23.6. The molecular weight excluding hydrogens is 456 g/mol. The van der Waals surface area contributed by atoms with Crippen molar-refractivity contribution in [3.63, 3.8) is 0 Å². The van der Waals surface area contributed by atoms with Gasteiger partial charge in [0.2, 0.25) is 0 Å². The third kappa shape index (κ3) is 3.44. The predicted octanol–water partition coefficient (Wildman–Crippen LogP) is 8.13. The smallest absolute Gasteiger partial charge is 0.337 e. The van der Waals surface area contributed by atoms with Gasteiger partial charge in [0.1, 0.15) is 6.29 Å². The fourth-order valence-corrected chi connectivity index (χ4v) is 11.5. The molecule has 3 nitrogen and oxygen atoms in total. The van der Waals surface area contributed by atoms with Gasteiger partial charge in [-0.05, 0) is 127 Å². The molecule has 0 radical (unpaired) electrons. The highest BCUT2D eigenvalue weighted by Crippen LogP contribution is 2.73. The lowest BCUT2D eigenvalue weighted by atomic mass is 9.36. The average Bonchev–Trinajstić information content (AvgIpc) is 3.33. The number of carbonyl (C=O) groups excluding carboxylic acids is 2. The fraction of sp³-hybridized carbons (Fsp3) is 0.706. The average molecular weight is 503 g/mol. The SMILES string of the molecule is COC(=O)c1ccc(C2=CCC3(C)C(CCC4(C)C5CCC6(C=O)CCC[C@@H]6C5CCC43)C2(C)C)cc1. The van der Waals surface area contributed by atoms with Gasteiger partial charge >= 0.3 is 5.97 Å². The monoisotopic (exact) mass is 502 g/mol. The van der Waals surface area contributed by atoms with Crippen molar-refractivity contribution in [3.05, 3.63) is 41.5 Å². The van der Waals surface area contributed by atoms with E-state index in [0.717, 1.165) is 37.0 Å². The fourth-order valence-electron chi connectivity index (χ4n) is 11.5. The van der Waals surface area contributed by atoms with Crippen LogP contribution < -0.4 is 0 Å². The van der Waals surface area contributed by atoms with Crippen molar-refractivity contribution in [2.45, 2.75) is 91.9 Å². The molecule has 0 amide bonds. The Bertz CT molecular complexity index is 1110. The summed E-state index contributed by atoms with van der Waals surface area (Å²) in [5, 5.41) is 0. The summed E-state index contributed by atoms with van der Waals surface area (Å²) in [6, 6.07) is 8.06. The van der Waals surface area contributed by atoms with Gasteiger partial charge in [-0.1, -0.05) is 52.3 Å². The van der Waals surface area contributed by atoms with Crippen LogP contribution in [0, 0.1) is 51.2 Å². The predicted molar refractivity (Wildman–Crippen MR) is 148 cm³/mol. The van der Waals surface area contributed by atoms with Gasteiger partial charge < -0.3 is 9.53 Å². The molecule has 4 saturated carbocycles. The van der Waals surface area contributed by atoms with Crippen LogP contribution in [0.15, 0.2) is 30.3 Å². The van der Waals surface area contributed by atoms with Gasteiger partial charge in [0.25, 0.3) is 0 Å². The largest absolute Gasteiger partial charge is 0.465 e. The van der Waals surface area contributed by atoms with Crippen molar-refractivity contribution < 1.29 is 14.3 Å². The second-order valence-corrected chi connectivity index (χ2v) is 14.5. The Labute approximate surface area is 223 Å². The topological polar surface area (TPSA) is 43.4 Å². The molecular formula is C34H46O3. The third-order valence-corrected chi connectivity index (χ3v) is 13.0. The molecule has 0 aliphatic heterocycles. The van der Waals surface area contributed by atoms with E-state index >= 15 is 0 Å². The van der Waals surface area contributed by atoms with Crippen molar-refractivity contribution in [1.82, 2.24) is 0 Å². The first-order valence-electron chi connectivity index (χ1n) is 15.0. The molecule has 8 atom stereocenters. The molecule has 4 fully saturated rings. The van der Waals surface area contributed by atoms with E-state index in [0.29, 0.717) is 28.2 Å². The summed E-state index contributed by atoms with van der Waals surface area (Å²) in [5.41, 5.74) is 4.12. The molecule has 1 aromatic rings. The van der Waals surface area contributed by atoms with Crippen LogP contribution in [0.1, 0.15) is 108 Å². The second-order valence-electron chi connectivity index (χ2n) is 14.5. The lowest BCUT2D eigenvalue weighted by Crippen LogP contribution is -2.61. The van der Waals surface area contributed by atoms with Crippen molar-refractivity contribution in [1.29, 1.82) is 0 Å². The van der Waals surface area contributed by atoms with Crippen LogP contribution in [0.3, 0.4) is 0 Å². The highest BCUT2D eigenvalue weighted by molar-refractivity contribution is 5.89. The van der Waals surface area contributed by atoms with Gasteiger partial charge in [-0.2, -0.15) is 0 Å². The van der Waals surface area contributed by atoms with E-state index in [1.807, 2.05) is 12.1 Å². The Morgan fingerprint density at radius 2 is 1.62 bits per heavy atom. The van der Waals surface area contributed by atoms with E-state index in [9.17, 15) is 9.59 Å². The van der Waals surface area contributed by atoms with E-state index in [4.69, 9.17) is 4.74 Å². The highest BCUT2D eigenvalue weighted by Gasteiger charge is 2.65. The maximum absolute atomic E-state index is 12.3. The molecule has 0 N–H and O–H groups in total. The summed E-state index contributed by atoms with van der Waals surface area (Å²) in [6.07, 6.45) is 16.5. The molecule has 0 bridgehead atoms. The standard InChI is InChI=1S/C34H46O3/c1-31(2)25(22-8-10-23(11-9-22)30(36)37-5)14-18-33(4)28(31)16-19-32(3)26-15-20-34(21-35)17-6-7-27(34)24(26)12-13-29(32)33/h8-11,14,21,24,26-29H,6-7,12-13,15-20H2,1-5H3/t24?,26?,27-,28?,29?,32?,33?,34?/m1/s1. The van der Waals surface area contributed by atoms with E-state index in [1.54, 1.807) is 0 Å². The minimum atomic E-state index is -0.274. The number of esters is 1. The second kappa shape index (κ2) is 8.55. The summed E-state index contributed by atoms with van der Waals surface area (Å²) in [4.78, 5) is 24.3.